The van der Waals surface area contributed by atoms with Crippen LogP contribution in [0.3, 0.4) is 0 Å². The van der Waals surface area contributed by atoms with E-state index in [2.05, 4.69) is 52.3 Å². The maximum Gasteiger partial charge on any atom is 0.161 e. The molecule has 0 radical (unpaired) electrons. The lowest BCUT2D eigenvalue weighted by molar-refractivity contribution is 0.0561. The van der Waals surface area contributed by atoms with Crippen LogP contribution in [0.25, 0.3) is 0 Å². The lowest BCUT2D eigenvalue weighted by atomic mass is 10.1. The Balaban J connectivity index is 1.34. The summed E-state index contributed by atoms with van der Waals surface area (Å²) in [7, 11) is 0. The number of aliphatic hydroxyl groups is 1. The molecule has 150 valence electrons. The quantitative estimate of drug-likeness (QED) is 0.797. The predicted molar refractivity (Wildman–Crippen MR) is 110 cm³/mol. The van der Waals surface area contributed by atoms with Gasteiger partial charge in [0, 0.05) is 45.4 Å². The largest absolute Gasteiger partial charge is 0.486 e. The van der Waals surface area contributed by atoms with Gasteiger partial charge in [-0.2, -0.15) is 0 Å². The molecule has 0 aliphatic carbocycles. The Morgan fingerprint density at radius 1 is 0.929 bits per heavy atom. The standard InChI is InChI=1S/C23H30N2O3/c26-13-9-21-18-24(11-12-25(21)10-8-19-4-2-1-3-5-19)17-20-6-7-22-23(16-20)28-15-14-27-22/h1-7,16,21,26H,8-15,17-18H2/t21-/m1/s1. The second-order valence-electron chi connectivity index (χ2n) is 7.65. The zero-order valence-corrected chi connectivity index (χ0v) is 16.4. The van der Waals surface area contributed by atoms with Crippen molar-refractivity contribution < 1.29 is 14.6 Å². The highest BCUT2D eigenvalue weighted by Crippen LogP contribution is 2.31. The van der Waals surface area contributed by atoms with E-state index in [-0.39, 0.29) is 6.61 Å². The molecule has 2 aliphatic heterocycles. The molecule has 28 heavy (non-hydrogen) atoms. The number of benzene rings is 2. The van der Waals surface area contributed by atoms with Crippen LogP contribution in [0.5, 0.6) is 11.5 Å². The summed E-state index contributed by atoms with van der Waals surface area (Å²) in [5, 5.41) is 9.55. The molecule has 2 aliphatic rings. The average Bonchev–Trinajstić information content (AvgIpc) is 2.74. The molecule has 0 aromatic heterocycles. The molecule has 0 spiro atoms. The maximum absolute atomic E-state index is 9.55. The van der Waals surface area contributed by atoms with E-state index in [1.807, 2.05) is 6.07 Å². The highest BCUT2D eigenvalue weighted by atomic mass is 16.6. The first-order valence-corrected chi connectivity index (χ1v) is 10.3. The van der Waals surface area contributed by atoms with Gasteiger partial charge in [0.1, 0.15) is 13.2 Å². The second kappa shape index (κ2) is 9.41. The van der Waals surface area contributed by atoms with Crippen molar-refractivity contribution >= 4 is 0 Å². The van der Waals surface area contributed by atoms with E-state index in [1.165, 1.54) is 11.1 Å². The summed E-state index contributed by atoms with van der Waals surface area (Å²) in [5.41, 5.74) is 2.63. The van der Waals surface area contributed by atoms with Crippen LogP contribution >= 0.6 is 0 Å². The first kappa shape index (κ1) is 19.2. The molecule has 5 nitrogen and oxygen atoms in total. The lowest BCUT2D eigenvalue weighted by Crippen LogP contribution is -2.53. The van der Waals surface area contributed by atoms with Crippen molar-refractivity contribution in [2.24, 2.45) is 0 Å². The molecule has 1 atom stereocenters. The number of nitrogens with zero attached hydrogens (tertiary/aromatic N) is 2. The van der Waals surface area contributed by atoms with Gasteiger partial charge in [0.25, 0.3) is 0 Å². The lowest BCUT2D eigenvalue weighted by Gasteiger charge is -2.41. The molecular weight excluding hydrogens is 352 g/mol. The highest BCUT2D eigenvalue weighted by molar-refractivity contribution is 5.43. The van der Waals surface area contributed by atoms with Crippen molar-refractivity contribution in [3.8, 4) is 11.5 Å². The number of aliphatic hydroxyl groups excluding tert-OH is 1. The third-order valence-corrected chi connectivity index (χ3v) is 5.69. The van der Waals surface area contributed by atoms with Gasteiger partial charge in [-0.25, -0.2) is 0 Å². The zero-order chi connectivity index (χ0) is 19.2. The van der Waals surface area contributed by atoms with E-state index in [9.17, 15) is 5.11 Å². The topological polar surface area (TPSA) is 45.2 Å². The molecule has 0 unspecified atom stereocenters. The molecule has 0 saturated carbocycles. The third-order valence-electron chi connectivity index (χ3n) is 5.69. The van der Waals surface area contributed by atoms with E-state index >= 15 is 0 Å². The van der Waals surface area contributed by atoms with E-state index in [4.69, 9.17) is 9.47 Å². The fraction of sp³-hybridized carbons (Fsp3) is 0.478. The van der Waals surface area contributed by atoms with Crippen LogP contribution in [-0.4, -0.2) is 66.9 Å². The molecule has 1 saturated heterocycles. The Labute approximate surface area is 167 Å². The van der Waals surface area contributed by atoms with Gasteiger partial charge < -0.3 is 14.6 Å². The van der Waals surface area contributed by atoms with E-state index in [1.54, 1.807) is 0 Å². The molecule has 2 aromatic carbocycles. The fourth-order valence-corrected chi connectivity index (χ4v) is 4.18. The minimum atomic E-state index is 0.240. The van der Waals surface area contributed by atoms with Gasteiger partial charge in [-0.3, -0.25) is 9.80 Å². The van der Waals surface area contributed by atoms with Crippen LogP contribution in [0.4, 0.5) is 0 Å². The van der Waals surface area contributed by atoms with E-state index in [0.29, 0.717) is 19.3 Å². The SMILES string of the molecule is OCC[C@@H]1CN(Cc2ccc3c(c2)OCCO3)CCN1CCc1ccccc1. The van der Waals surface area contributed by atoms with Crippen molar-refractivity contribution in [1.29, 1.82) is 0 Å². The Morgan fingerprint density at radius 2 is 1.75 bits per heavy atom. The van der Waals surface area contributed by atoms with Crippen molar-refractivity contribution in [1.82, 2.24) is 9.80 Å². The number of hydrogen-bond donors (Lipinski definition) is 1. The second-order valence-corrected chi connectivity index (χ2v) is 7.65. The zero-order valence-electron chi connectivity index (χ0n) is 16.4. The highest BCUT2D eigenvalue weighted by Gasteiger charge is 2.26. The summed E-state index contributed by atoms with van der Waals surface area (Å²) < 4.78 is 11.3. The summed E-state index contributed by atoms with van der Waals surface area (Å²) in [5.74, 6) is 1.70. The Hall–Kier alpha value is -2.08. The first-order chi connectivity index (χ1) is 13.8. The van der Waals surface area contributed by atoms with Crippen molar-refractivity contribution in [3.05, 3.63) is 59.7 Å². The molecule has 0 bridgehead atoms. The molecular formula is C23H30N2O3. The van der Waals surface area contributed by atoms with Gasteiger partial charge in [0.05, 0.1) is 0 Å². The van der Waals surface area contributed by atoms with E-state index < -0.39 is 0 Å². The first-order valence-electron chi connectivity index (χ1n) is 10.3. The summed E-state index contributed by atoms with van der Waals surface area (Å²) in [4.78, 5) is 5.04. The van der Waals surface area contributed by atoms with Gasteiger partial charge in [-0.1, -0.05) is 36.4 Å². The number of ether oxygens (including phenoxy) is 2. The number of rotatable bonds is 7. The average molecular weight is 383 g/mol. The monoisotopic (exact) mass is 382 g/mol. The fourth-order valence-electron chi connectivity index (χ4n) is 4.18. The Kier molecular flexibility index (Phi) is 6.47. The van der Waals surface area contributed by atoms with Crippen LogP contribution in [0.2, 0.25) is 0 Å². The van der Waals surface area contributed by atoms with Gasteiger partial charge in [-0.05, 0) is 36.1 Å². The molecule has 2 aromatic rings. The molecule has 5 heteroatoms. The maximum atomic E-state index is 9.55. The molecule has 4 rings (SSSR count). The Morgan fingerprint density at radius 3 is 2.57 bits per heavy atom. The minimum Gasteiger partial charge on any atom is -0.486 e. The number of hydrogen-bond acceptors (Lipinski definition) is 5. The van der Waals surface area contributed by atoms with Crippen molar-refractivity contribution in [2.45, 2.75) is 25.4 Å². The number of piperazine rings is 1. The van der Waals surface area contributed by atoms with E-state index in [0.717, 1.165) is 57.1 Å². The summed E-state index contributed by atoms with van der Waals surface area (Å²) in [6.45, 7) is 6.52. The summed E-state index contributed by atoms with van der Waals surface area (Å²) >= 11 is 0. The van der Waals surface area contributed by atoms with Crippen LogP contribution in [0, 0.1) is 0 Å². The molecule has 2 heterocycles. The van der Waals surface area contributed by atoms with Crippen LogP contribution in [-0.2, 0) is 13.0 Å². The van der Waals surface area contributed by atoms with Crippen molar-refractivity contribution in [2.75, 3.05) is 46.0 Å². The van der Waals surface area contributed by atoms with Crippen molar-refractivity contribution in [3.63, 3.8) is 0 Å². The van der Waals surface area contributed by atoms with Gasteiger partial charge in [-0.15, -0.1) is 0 Å². The van der Waals surface area contributed by atoms with Crippen LogP contribution in [0.1, 0.15) is 17.5 Å². The molecule has 1 fully saturated rings. The Bertz CT molecular complexity index is 753. The normalized spacial score (nSPS) is 20.2. The van der Waals surface area contributed by atoms with Gasteiger partial charge in [0.15, 0.2) is 11.5 Å². The smallest absolute Gasteiger partial charge is 0.161 e. The van der Waals surface area contributed by atoms with Crippen LogP contribution in [0.15, 0.2) is 48.5 Å². The van der Waals surface area contributed by atoms with Crippen LogP contribution < -0.4 is 9.47 Å². The molecule has 0 amide bonds. The minimum absolute atomic E-state index is 0.240. The predicted octanol–water partition coefficient (Wildman–Crippen LogP) is 2.57. The number of fused-ring (bicyclic) bond motifs is 1. The van der Waals surface area contributed by atoms with Gasteiger partial charge >= 0.3 is 0 Å². The third kappa shape index (κ3) is 4.85. The van der Waals surface area contributed by atoms with Gasteiger partial charge in [0.2, 0.25) is 0 Å². The summed E-state index contributed by atoms with van der Waals surface area (Å²) in [6.07, 6.45) is 1.89. The summed E-state index contributed by atoms with van der Waals surface area (Å²) in [6, 6.07) is 17.3. The molecule has 1 N–H and O–H groups in total.